The first kappa shape index (κ1) is 13.4. The second kappa shape index (κ2) is 6.83. The van der Waals surface area contributed by atoms with Crippen LogP contribution in [0, 0.1) is 0 Å². The standard InChI is InChI=1S/C12H19N3O2/c1-4-6-9(5-2)14-11-8-13-7-10(15-11)12(16)17-3/h7-9H,4-6H2,1-3H3,(H,14,15). The summed E-state index contributed by atoms with van der Waals surface area (Å²) in [5.74, 6) is 0.151. The lowest BCUT2D eigenvalue weighted by Crippen LogP contribution is -2.19. The van der Waals surface area contributed by atoms with E-state index in [1.807, 2.05) is 0 Å². The molecule has 17 heavy (non-hydrogen) atoms. The largest absolute Gasteiger partial charge is 0.464 e. The van der Waals surface area contributed by atoms with Crippen LogP contribution in [-0.2, 0) is 4.74 Å². The zero-order valence-electron chi connectivity index (χ0n) is 10.6. The highest BCUT2D eigenvalue weighted by Crippen LogP contribution is 2.10. The molecule has 1 N–H and O–H groups in total. The lowest BCUT2D eigenvalue weighted by atomic mass is 10.1. The Morgan fingerprint density at radius 2 is 2.24 bits per heavy atom. The predicted octanol–water partition coefficient (Wildman–Crippen LogP) is 2.25. The Hall–Kier alpha value is -1.65. The fourth-order valence-corrected chi connectivity index (χ4v) is 1.57. The molecule has 0 saturated carbocycles. The molecule has 1 aromatic rings. The van der Waals surface area contributed by atoms with E-state index in [0.29, 0.717) is 11.9 Å². The summed E-state index contributed by atoms with van der Waals surface area (Å²) >= 11 is 0. The number of nitrogens with zero attached hydrogens (tertiary/aromatic N) is 2. The number of aromatic nitrogens is 2. The van der Waals surface area contributed by atoms with Gasteiger partial charge in [0.05, 0.1) is 19.5 Å². The number of ether oxygens (including phenoxy) is 1. The zero-order chi connectivity index (χ0) is 12.7. The van der Waals surface area contributed by atoms with Gasteiger partial charge in [0.1, 0.15) is 5.82 Å². The third kappa shape index (κ3) is 4.01. The van der Waals surface area contributed by atoms with E-state index in [-0.39, 0.29) is 5.69 Å². The minimum Gasteiger partial charge on any atom is -0.464 e. The second-order valence-electron chi connectivity index (χ2n) is 3.82. The molecule has 1 atom stereocenters. The van der Waals surface area contributed by atoms with Gasteiger partial charge < -0.3 is 10.1 Å². The molecule has 0 aromatic carbocycles. The number of rotatable bonds is 6. The molecule has 0 bridgehead atoms. The van der Waals surface area contributed by atoms with Crippen molar-refractivity contribution in [1.29, 1.82) is 0 Å². The molecule has 5 nitrogen and oxygen atoms in total. The highest BCUT2D eigenvalue weighted by molar-refractivity contribution is 5.87. The summed E-state index contributed by atoms with van der Waals surface area (Å²) in [7, 11) is 1.33. The minimum absolute atomic E-state index is 0.226. The smallest absolute Gasteiger partial charge is 0.358 e. The molecule has 0 fully saturated rings. The van der Waals surface area contributed by atoms with Crippen molar-refractivity contribution in [2.45, 2.75) is 39.2 Å². The number of carbonyl (C=O) groups excluding carboxylic acids is 1. The molecule has 0 aliphatic carbocycles. The minimum atomic E-state index is -0.468. The van der Waals surface area contributed by atoms with Crippen molar-refractivity contribution in [2.75, 3.05) is 12.4 Å². The summed E-state index contributed by atoms with van der Waals surface area (Å²) in [6, 6.07) is 0.363. The van der Waals surface area contributed by atoms with Gasteiger partial charge in [-0.3, -0.25) is 4.98 Å². The van der Waals surface area contributed by atoms with Crippen molar-refractivity contribution < 1.29 is 9.53 Å². The first-order valence-electron chi connectivity index (χ1n) is 5.88. The Bertz CT molecular complexity index is 369. The van der Waals surface area contributed by atoms with Crippen molar-refractivity contribution in [3.63, 3.8) is 0 Å². The van der Waals surface area contributed by atoms with Crippen molar-refractivity contribution in [2.24, 2.45) is 0 Å². The number of hydrogen-bond acceptors (Lipinski definition) is 5. The van der Waals surface area contributed by atoms with E-state index in [2.05, 4.69) is 33.9 Å². The lowest BCUT2D eigenvalue weighted by Gasteiger charge is -2.16. The number of hydrogen-bond donors (Lipinski definition) is 1. The monoisotopic (exact) mass is 237 g/mol. The van der Waals surface area contributed by atoms with Crippen LogP contribution in [0.25, 0.3) is 0 Å². The Balaban J connectivity index is 2.74. The van der Waals surface area contributed by atoms with Crippen molar-refractivity contribution in [3.05, 3.63) is 18.1 Å². The first-order valence-corrected chi connectivity index (χ1v) is 5.88. The fraction of sp³-hybridized carbons (Fsp3) is 0.583. The van der Waals surface area contributed by atoms with Crippen LogP contribution in [0.2, 0.25) is 0 Å². The topological polar surface area (TPSA) is 64.1 Å². The van der Waals surface area contributed by atoms with Crippen LogP contribution in [0.1, 0.15) is 43.6 Å². The lowest BCUT2D eigenvalue weighted by molar-refractivity contribution is 0.0593. The van der Waals surface area contributed by atoms with E-state index in [9.17, 15) is 4.79 Å². The van der Waals surface area contributed by atoms with Gasteiger partial charge in [-0.2, -0.15) is 0 Å². The number of carbonyl (C=O) groups is 1. The van der Waals surface area contributed by atoms with Gasteiger partial charge in [-0.05, 0) is 12.8 Å². The molecule has 0 saturated heterocycles. The van der Waals surface area contributed by atoms with Crippen LogP contribution in [0.3, 0.4) is 0 Å². The summed E-state index contributed by atoms with van der Waals surface area (Å²) in [5, 5.41) is 3.27. The molecular weight excluding hydrogens is 218 g/mol. The van der Waals surface area contributed by atoms with E-state index in [0.717, 1.165) is 19.3 Å². The molecule has 0 radical (unpaired) electrons. The Kier molecular flexibility index (Phi) is 5.39. The summed E-state index contributed by atoms with van der Waals surface area (Å²) in [5.41, 5.74) is 0.226. The maximum atomic E-state index is 11.3. The number of anilines is 1. The number of methoxy groups -OCH3 is 1. The third-order valence-electron chi connectivity index (χ3n) is 2.51. The number of nitrogens with one attached hydrogen (secondary N) is 1. The maximum absolute atomic E-state index is 11.3. The van der Waals surface area contributed by atoms with Crippen LogP contribution in [0.4, 0.5) is 5.82 Å². The predicted molar refractivity (Wildman–Crippen MR) is 66.0 cm³/mol. The average Bonchev–Trinajstić information content (AvgIpc) is 2.37. The molecule has 0 aliphatic rings. The van der Waals surface area contributed by atoms with Gasteiger partial charge in [-0.1, -0.05) is 20.3 Å². The van der Waals surface area contributed by atoms with Gasteiger partial charge in [-0.15, -0.1) is 0 Å². The van der Waals surface area contributed by atoms with Gasteiger partial charge in [0.2, 0.25) is 0 Å². The molecule has 5 heteroatoms. The average molecular weight is 237 g/mol. The van der Waals surface area contributed by atoms with Crippen LogP contribution >= 0.6 is 0 Å². The van der Waals surface area contributed by atoms with Gasteiger partial charge in [0.15, 0.2) is 5.69 Å². The molecule has 0 amide bonds. The molecular formula is C12H19N3O2. The normalized spacial score (nSPS) is 11.9. The van der Waals surface area contributed by atoms with E-state index in [4.69, 9.17) is 0 Å². The van der Waals surface area contributed by atoms with Crippen molar-refractivity contribution in [1.82, 2.24) is 9.97 Å². The van der Waals surface area contributed by atoms with Crippen molar-refractivity contribution >= 4 is 11.8 Å². The van der Waals surface area contributed by atoms with Crippen molar-refractivity contribution in [3.8, 4) is 0 Å². The van der Waals surface area contributed by atoms with E-state index >= 15 is 0 Å². The zero-order valence-corrected chi connectivity index (χ0v) is 10.6. The van der Waals surface area contributed by atoms with Crippen LogP contribution in [-0.4, -0.2) is 29.1 Å². The summed E-state index contributed by atoms with van der Waals surface area (Å²) in [6.07, 6.45) is 6.21. The van der Waals surface area contributed by atoms with Gasteiger partial charge in [0.25, 0.3) is 0 Å². The van der Waals surface area contributed by atoms with Gasteiger partial charge in [-0.25, -0.2) is 9.78 Å². The summed E-state index contributed by atoms with van der Waals surface area (Å²) in [4.78, 5) is 19.4. The van der Waals surface area contributed by atoms with Crippen LogP contribution in [0.15, 0.2) is 12.4 Å². The first-order chi connectivity index (χ1) is 8.21. The Morgan fingerprint density at radius 3 is 2.82 bits per heavy atom. The van der Waals surface area contributed by atoms with E-state index in [1.165, 1.54) is 13.3 Å². The van der Waals surface area contributed by atoms with Gasteiger partial charge >= 0.3 is 5.97 Å². The Morgan fingerprint density at radius 1 is 1.47 bits per heavy atom. The highest BCUT2D eigenvalue weighted by Gasteiger charge is 2.10. The maximum Gasteiger partial charge on any atom is 0.358 e. The van der Waals surface area contributed by atoms with Crippen LogP contribution in [0.5, 0.6) is 0 Å². The fourth-order valence-electron chi connectivity index (χ4n) is 1.57. The SMILES string of the molecule is CCCC(CC)Nc1cncc(C(=O)OC)n1. The molecule has 1 unspecified atom stereocenters. The van der Waals surface area contributed by atoms with E-state index < -0.39 is 5.97 Å². The molecule has 94 valence electrons. The summed E-state index contributed by atoms with van der Waals surface area (Å²) < 4.78 is 4.60. The molecule has 0 aliphatic heterocycles. The molecule has 1 aromatic heterocycles. The van der Waals surface area contributed by atoms with E-state index in [1.54, 1.807) is 6.20 Å². The quantitative estimate of drug-likeness (QED) is 0.769. The molecule has 1 rings (SSSR count). The number of esters is 1. The summed E-state index contributed by atoms with van der Waals surface area (Å²) in [6.45, 7) is 4.26. The van der Waals surface area contributed by atoms with Crippen LogP contribution < -0.4 is 5.32 Å². The molecule has 0 spiro atoms. The second-order valence-corrected chi connectivity index (χ2v) is 3.82. The highest BCUT2D eigenvalue weighted by atomic mass is 16.5. The molecule has 1 heterocycles. The van der Waals surface area contributed by atoms with Gasteiger partial charge in [0, 0.05) is 6.04 Å². The Labute approximate surface area is 102 Å². The third-order valence-corrected chi connectivity index (χ3v) is 2.51.